The standard InChI is InChI=1S/C16H19NOS/c1-16(2,3)11-6-7-13-12(9-11)17-10-14(18-13)15-5-4-8-19-15/h4-9,14,17H,10H2,1-3H3. The lowest BCUT2D eigenvalue weighted by Crippen LogP contribution is -2.23. The maximum atomic E-state index is 6.09. The fourth-order valence-electron chi connectivity index (χ4n) is 2.27. The first-order chi connectivity index (χ1) is 9.04. The fraction of sp³-hybridized carbons (Fsp3) is 0.375. The molecule has 0 aliphatic carbocycles. The van der Waals surface area contributed by atoms with Crippen LogP contribution in [0.5, 0.6) is 5.75 Å². The molecule has 19 heavy (non-hydrogen) atoms. The summed E-state index contributed by atoms with van der Waals surface area (Å²) >= 11 is 1.75. The Hall–Kier alpha value is -1.48. The van der Waals surface area contributed by atoms with Crippen LogP contribution < -0.4 is 10.1 Å². The smallest absolute Gasteiger partial charge is 0.150 e. The zero-order valence-corrected chi connectivity index (χ0v) is 12.4. The number of anilines is 1. The monoisotopic (exact) mass is 273 g/mol. The molecule has 100 valence electrons. The Kier molecular flexibility index (Phi) is 3.02. The van der Waals surface area contributed by atoms with Gasteiger partial charge in [-0.1, -0.05) is 32.9 Å². The first-order valence-electron chi connectivity index (χ1n) is 6.62. The molecular weight excluding hydrogens is 254 g/mol. The number of rotatable bonds is 1. The van der Waals surface area contributed by atoms with E-state index in [9.17, 15) is 0 Å². The Morgan fingerprint density at radius 1 is 1.26 bits per heavy atom. The Morgan fingerprint density at radius 2 is 2.11 bits per heavy atom. The van der Waals surface area contributed by atoms with Crippen LogP contribution in [0, 0.1) is 0 Å². The third kappa shape index (κ3) is 2.47. The van der Waals surface area contributed by atoms with Crippen LogP contribution in [-0.4, -0.2) is 6.54 Å². The van der Waals surface area contributed by atoms with Gasteiger partial charge in [0.05, 0.1) is 12.2 Å². The van der Waals surface area contributed by atoms with Crippen molar-refractivity contribution in [3.05, 3.63) is 46.2 Å². The minimum atomic E-state index is 0.132. The number of benzene rings is 1. The van der Waals surface area contributed by atoms with Crippen LogP contribution >= 0.6 is 11.3 Å². The van der Waals surface area contributed by atoms with Crippen LogP contribution in [0.4, 0.5) is 5.69 Å². The van der Waals surface area contributed by atoms with Crippen LogP contribution in [0.1, 0.15) is 37.3 Å². The Balaban J connectivity index is 1.87. The van der Waals surface area contributed by atoms with Crippen molar-refractivity contribution < 1.29 is 4.74 Å². The minimum absolute atomic E-state index is 0.132. The van der Waals surface area contributed by atoms with E-state index in [0.29, 0.717) is 0 Å². The maximum Gasteiger partial charge on any atom is 0.150 e. The third-order valence-corrected chi connectivity index (χ3v) is 4.42. The average Bonchev–Trinajstić information content (AvgIpc) is 2.90. The molecule has 0 bridgehead atoms. The van der Waals surface area contributed by atoms with Gasteiger partial charge in [0.15, 0.2) is 6.10 Å². The molecule has 1 aromatic heterocycles. The summed E-state index contributed by atoms with van der Waals surface area (Å²) in [6.45, 7) is 7.52. The molecular formula is C16H19NOS. The molecule has 2 aromatic rings. The molecule has 1 atom stereocenters. The highest BCUT2D eigenvalue weighted by Crippen LogP contribution is 2.38. The van der Waals surface area contributed by atoms with Gasteiger partial charge in [0, 0.05) is 4.88 Å². The van der Waals surface area contributed by atoms with E-state index in [2.05, 4.69) is 61.8 Å². The molecule has 1 aromatic carbocycles. The van der Waals surface area contributed by atoms with E-state index in [1.807, 2.05) is 0 Å². The molecule has 3 heteroatoms. The lowest BCUT2D eigenvalue weighted by Gasteiger charge is -2.29. The Bertz CT molecular complexity index is 569. The predicted octanol–water partition coefficient (Wildman–Crippen LogP) is 4.59. The number of ether oxygens (including phenoxy) is 1. The normalized spacial score (nSPS) is 18.4. The molecule has 1 unspecified atom stereocenters. The number of hydrogen-bond acceptors (Lipinski definition) is 3. The van der Waals surface area contributed by atoms with Gasteiger partial charge in [-0.25, -0.2) is 0 Å². The van der Waals surface area contributed by atoms with Crippen LogP contribution in [0.3, 0.4) is 0 Å². The quantitative estimate of drug-likeness (QED) is 0.820. The van der Waals surface area contributed by atoms with Gasteiger partial charge in [-0.05, 0) is 34.6 Å². The molecule has 1 aliphatic heterocycles. The highest BCUT2D eigenvalue weighted by atomic mass is 32.1. The van der Waals surface area contributed by atoms with Crippen LogP contribution in [0.25, 0.3) is 0 Å². The van der Waals surface area contributed by atoms with Crippen molar-refractivity contribution in [1.29, 1.82) is 0 Å². The summed E-state index contributed by atoms with van der Waals surface area (Å²) in [5.74, 6) is 0.956. The summed E-state index contributed by atoms with van der Waals surface area (Å²) in [5.41, 5.74) is 2.61. The third-order valence-electron chi connectivity index (χ3n) is 3.45. The summed E-state index contributed by atoms with van der Waals surface area (Å²) in [5, 5.41) is 5.59. The van der Waals surface area contributed by atoms with Crippen molar-refractivity contribution in [2.45, 2.75) is 32.3 Å². The summed E-state index contributed by atoms with van der Waals surface area (Å²) in [6, 6.07) is 10.7. The topological polar surface area (TPSA) is 21.3 Å². The van der Waals surface area contributed by atoms with Gasteiger partial charge in [0.25, 0.3) is 0 Å². The SMILES string of the molecule is CC(C)(C)c1ccc2c(c1)NCC(c1cccs1)O2. The van der Waals surface area contributed by atoms with Crippen LogP contribution in [0.2, 0.25) is 0 Å². The predicted molar refractivity (Wildman–Crippen MR) is 81.3 cm³/mol. The number of thiophene rings is 1. The van der Waals surface area contributed by atoms with E-state index < -0.39 is 0 Å². The van der Waals surface area contributed by atoms with Crippen molar-refractivity contribution in [2.24, 2.45) is 0 Å². The molecule has 2 nitrogen and oxygen atoms in total. The van der Waals surface area contributed by atoms with Gasteiger partial charge < -0.3 is 10.1 Å². The van der Waals surface area contributed by atoms with E-state index in [1.165, 1.54) is 10.4 Å². The second-order valence-corrected chi connectivity index (χ2v) is 6.94. The van der Waals surface area contributed by atoms with E-state index in [1.54, 1.807) is 11.3 Å². The highest BCUT2D eigenvalue weighted by Gasteiger charge is 2.23. The molecule has 0 amide bonds. The maximum absolute atomic E-state index is 6.09. The molecule has 0 fully saturated rings. The lowest BCUT2D eigenvalue weighted by molar-refractivity contribution is 0.214. The molecule has 0 spiro atoms. The van der Waals surface area contributed by atoms with E-state index in [0.717, 1.165) is 18.0 Å². The average molecular weight is 273 g/mol. The highest BCUT2D eigenvalue weighted by molar-refractivity contribution is 7.10. The molecule has 0 radical (unpaired) electrons. The van der Waals surface area contributed by atoms with Crippen LogP contribution in [-0.2, 0) is 5.41 Å². The van der Waals surface area contributed by atoms with Crippen molar-refractivity contribution in [2.75, 3.05) is 11.9 Å². The van der Waals surface area contributed by atoms with Crippen LogP contribution in [0.15, 0.2) is 35.7 Å². The zero-order chi connectivity index (χ0) is 13.5. The second kappa shape index (κ2) is 4.57. The van der Waals surface area contributed by atoms with E-state index in [4.69, 9.17) is 4.74 Å². The van der Waals surface area contributed by atoms with Gasteiger partial charge >= 0.3 is 0 Å². The number of hydrogen-bond donors (Lipinski definition) is 1. The van der Waals surface area contributed by atoms with E-state index in [-0.39, 0.29) is 11.5 Å². The lowest BCUT2D eigenvalue weighted by atomic mass is 9.86. The first kappa shape index (κ1) is 12.5. The minimum Gasteiger partial charge on any atom is -0.481 e. The summed E-state index contributed by atoms with van der Waals surface area (Å²) < 4.78 is 6.09. The van der Waals surface area contributed by atoms with Gasteiger partial charge in [-0.2, -0.15) is 0 Å². The molecule has 2 heterocycles. The van der Waals surface area contributed by atoms with Gasteiger partial charge in [-0.15, -0.1) is 11.3 Å². The molecule has 3 rings (SSSR count). The summed E-state index contributed by atoms with van der Waals surface area (Å²) in [7, 11) is 0. The number of nitrogens with one attached hydrogen (secondary N) is 1. The van der Waals surface area contributed by atoms with E-state index >= 15 is 0 Å². The Labute approximate surface area is 118 Å². The summed E-state index contributed by atoms with van der Waals surface area (Å²) in [4.78, 5) is 1.28. The largest absolute Gasteiger partial charge is 0.481 e. The van der Waals surface area contributed by atoms with Gasteiger partial charge in [0.1, 0.15) is 5.75 Å². The van der Waals surface area contributed by atoms with Gasteiger partial charge in [-0.3, -0.25) is 0 Å². The molecule has 0 saturated heterocycles. The molecule has 1 N–H and O–H groups in total. The molecule has 0 saturated carbocycles. The second-order valence-electron chi connectivity index (χ2n) is 5.96. The molecule has 1 aliphatic rings. The summed E-state index contributed by atoms with van der Waals surface area (Å²) in [6.07, 6.45) is 0.132. The van der Waals surface area contributed by atoms with Crippen molar-refractivity contribution >= 4 is 17.0 Å². The first-order valence-corrected chi connectivity index (χ1v) is 7.50. The Morgan fingerprint density at radius 3 is 2.79 bits per heavy atom. The number of fused-ring (bicyclic) bond motifs is 1. The van der Waals surface area contributed by atoms with Crippen molar-refractivity contribution in [3.8, 4) is 5.75 Å². The van der Waals surface area contributed by atoms with Gasteiger partial charge in [0.2, 0.25) is 0 Å². The zero-order valence-electron chi connectivity index (χ0n) is 11.6. The van der Waals surface area contributed by atoms with Crippen molar-refractivity contribution in [3.63, 3.8) is 0 Å². The van der Waals surface area contributed by atoms with Crippen molar-refractivity contribution in [1.82, 2.24) is 0 Å². The fourth-order valence-corrected chi connectivity index (χ4v) is 3.02.